The monoisotopic (exact) mass is 267 g/mol. The van der Waals surface area contributed by atoms with Crippen molar-refractivity contribution in [3.63, 3.8) is 0 Å². The van der Waals surface area contributed by atoms with Crippen LogP contribution in [0.4, 0.5) is 8.78 Å². The van der Waals surface area contributed by atoms with Crippen LogP contribution in [0, 0.1) is 23.0 Å². The third kappa shape index (κ3) is 2.97. The Morgan fingerprint density at radius 3 is 2.37 bits per heavy atom. The Bertz CT molecular complexity index is 436. The molecule has 0 radical (unpaired) electrons. The molecular weight excluding hydrogens is 244 g/mol. The number of hydrogen-bond acceptors (Lipinski definition) is 1. The summed E-state index contributed by atoms with van der Waals surface area (Å²) >= 11 is 0. The van der Waals surface area contributed by atoms with Gasteiger partial charge in [0.25, 0.3) is 0 Å². The summed E-state index contributed by atoms with van der Waals surface area (Å²) in [5, 5.41) is 0. The zero-order chi connectivity index (χ0) is 14.0. The molecule has 1 aliphatic rings. The Balaban J connectivity index is 2.31. The van der Waals surface area contributed by atoms with Crippen LogP contribution >= 0.6 is 0 Å². The Morgan fingerprint density at radius 2 is 1.84 bits per heavy atom. The zero-order valence-corrected chi connectivity index (χ0v) is 11.8. The van der Waals surface area contributed by atoms with Crippen molar-refractivity contribution in [1.82, 2.24) is 0 Å². The van der Waals surface area contributed by atoms with Gasteiger partial charge in [-0.2, -0.15) is 0 Å². The van der Waals surface area contributed by atoms with E-state index in [0.29, 0.717) is 11.5 Å². The van der Waals surface area contributed by atoms with E-state index in [1.165, 1.54) is 12.1 Å². The average Bonchev–Trinajstić information content (AvgIpc) is 2.77. The molecule has 3 heteroatoms. The van der Waals surface area contributed by atoms with Gasteiger partial charge < -0.3 is 5.73 Å². The van der Waals surface area contributed by atoms with Crippen LogP contribution in [0.3, 0.4) is 0 Å². The number of benzene rings is 1. The van der Waals surface area contributed by atoms with Crippen LogP contribution < -0.4 is 5.73 Å². The molecule has 0 saturated heterocycles. The minimum Gasteiger partial charge on any atom is -0.323 e. The van der Waals surface area contributed by atoms with Gasteiger partial charge in [0.1, 0.15) is 11.6 Å². The van der Waals surface area contributed by atoms with Crippen LogP contribution in [-0.4, -0.2) is 0 Å². The lowest BCUT2D eigenvalue weighted by Crippen LogP contribution is -2.34. The van der Waals surface area contributed by atoms with Gasteiger partial charge in [-0.25, -0.2) is 8.78 Å². The van der Waals surface area contributed by atoms with Gasteiger partial charge in [0.15, 0.2) is 0 Å². The second-order valence-electron chi connectivity index (χ2n) is 6.31. The first-order valence-corrected chi connectivity index (χ1v) is 7.15. The third-order valence-electron chi connectivity index (χ3n) is 4.37. The van der Waals surface area contributed by atoms with E-state index < -0.39 is 11.6 Å². The lowest BCUT2D eigenvalue weighted by Gasteiger charge is -2.37. The minimum atomic E-state index is -0.544. The summed E-state index contributed by atoms with van der Waals surface area (Å²) in [6.07, 6.45) is 5.41. The number of halogens is 2. The van der Waals surface area contributed by atoms with Crippen molar-refractivity contribution in [1.29, 1.82) is 0 Å². The first kappa shape index (κ1) is 14.4. The molecule has 0 spiro atoms. The summed E-state index contributed by atoms with van der Waals surface area (Å²) < 4.78 is 27.0. The van der Waals surface area contributed by atoms with Crippen LogP contribution in [-0.2, 0) is 0 Å². The molecule has 0 heterocycles. The average molecular weight is 267 g/mol. The van der Waals surface area contributed by atoms with Gasteiger partial charge >= 0.3 is 0 Å². The van der Waals surface area contributed by atoms with Gasteiger partial charge in [0, 0.05) is 17.7 Å². The van der Waals surface area contributed by atoms with E-state index in [1.807, 2.05) is 0 Å². The van der Waals surface area contributed by atoms with Crippen LogP contribution in [0.15, 0.2) is 18.2 Å². The predicted molar refractivity (Wildman–Crippen MR) is 73.6 cm³/mol. The fourth-order valence-corrected chi connectivity index (χ4v) is 3.62. The first-order chi connectivity index (χ1) is 8.94. The quantitative estimate of drug-likeness (QED) is 0.849. The molecule has 19 heavy (non-hydrogen) atoms. The van der Waals surface area contributed by atoms with Crippen molar-refractivity contribution < 1.29 is 8.78 Å². The van der Waals surface area contributed by atoms with Gasteiger partial charge in [0.2, 0.25) is 0 Å². The van der Waals surface area contributed by atoms with Crippen molar-refractivity contribution >= 4 is 0 Å². The lowest BCUT2D eigenvalue weighted by atomic mass is 9.70. The highest BCUT2D eigenvalue weighted by Gasteiger charge is 2.41. The Kier molecular flexibility index (Phi) is 4.24. The molecule has 0 amide bonds. The van der Waals surface area contributed by atoms with Gasteiger partial charge in [-0.15, -0.1) is 0 Å². The van der Waals surface area contributed by atoms with Crippen molar-refractivity contribution in [2.75, 3.05) is 0 Å². The Hall–Kier alpha value is -0.960. The lowest BCUT2D eigenvalue weighted by molar-refractivity contribution is 0.180. The van der Waals surface area contributed by atoms with E-state index in [0.717, 1.165) is 38.2 Å². The highest BCUT2D eigenvalue weighted by atomic mass is 19.1. The third-order valence-corrected chi connectivity index (χ3v) is 4.37. The summed E-state index contributed by atoms with van der Waals surface area (Å²) in [6.45, 7) is 4.35. The molecule has 2 N–H and O–H groups in total. The van der Waals surface area contributed by atoms with Crippen LogP contribution in [0.25, 0.3) is 0 Å². The highest BCUT2D eigenvalue weighted by Crippen LogP contribution is 2.50. The largest absolute Gasteiger partial charge is 0.323 e. The molecular formula is C16H23F2N. The highest BCUT2D eigenvalue weighted by molar-refractivity contribution is 5.24. The Labute approximate surface area is 114 Å². The molecule has 2 rings (SSSR count). The van der Waals surface area contributed by atoms with Crippen LogP contribution in [0.5, 0.6) is 0 Å². The van der Waals surface area contributed by atoms with Gasteiger partial charge in [0.05, 0.1) is 0 Å². The maximum absolute atomic E-state index is 13.9. The SMILES string of the molecule is CC(C)CC1(C(N)c2ccc(F)cc2F)CCCC1. The zero-order valence-electron chi connectivity index (χ0n) is 11.8. The van der Waals surface area contributed by atoms with E-state index >= 15 is 0 Å². The van der Waals surface area contributed by atoms with Crippen molar-refractivity contribution in [3.8, 4) is 0 Å². The van der Waals surface area contributed by atoms with Crippen LogP contribution in [0.1, 0.15) is 57.6 Å². The molecule has 1 nitrogen and oxygen atoms in total. The number of nitrogens with two attached hydrogens (primary N) is 1. The maximum atomic E-state index is 13.9. The molecule has 1 fully saturated rings. The first-order valence-electron chi connectivity index (χ1n) is 7.15. The summed E-state index contributed by atoms with van der Waals surface area (Å²) in [6, 6.07) is 3.41. The molecule has 1 saturated carbocycles. The fraction of sp³-hybridized carbons (Fsp3) is 0.625. The topological polar surface area (TPSA) is 26.0 Å². The predicted octanol–water partition coefficient (Wildman–Crippen LogP) is 4.57. The number of hydrogen-bond donors (Lipinski definition) is 1. The van der Waals surface area contributed by atoms with Gasteiger partial charge in [-0.05, 0) is 36.7 Å². The van der Waals surface area contributed by atoms with Gasteiger partial charge in [-0.3, -0.25) is 0 Å². The smallest absolute Gasteiger partial charge is 0.130 e. The van der Waals surface area contributed by atoms with Crippen LogP contribution in [0.2, 0.25) is 0 Å². The summed E-state index contributed by atoms with van der Waals surface area (Å²) in [5.41, 5.74) is 6.81. The number of rotatable bonds is 4. The summed E-state index contributed by atoms with van der Waals surface area (Å²) in [5.74, 6) is -0.520. The van der Waals surface area contributed by atoms with E-state index in [1.54, 1.807) is 0 Å². The van der Waals surface area contributed by atoms with Crippen molar-refractivity contribution in [2.45, 2.75) is 52.0 Å². The second kappa shape index (κ2) is 5.58. The molecule has 1 aromatic rings. The molecule has 0 aliphatic heterocycles. The molecule has 1 aliphatic carbocycles. The summed E-state index contributed by atoms with van der Waals surface area (Å²) in [4.78, 5) is 0. The van der Waals surface area contributed by atoms with Crippen molar-refractivity contribution in [2.24, 2.45) is 17.1 Å². The van der Waals surface area contributed by atoms with E-state index in [4.69, 9.17) is 5.73 Å². The van der Waals surface area contributed by atoms with E-state index in [2.05, 4.69) is 13.8 Å². The van der Waals surface area contributed by atoms with Gasteiger partial charge in [-0.1, -0.05) is 32.8 Å². The normalized spacial score (nSPS) is 19.9. The molecule has 1 unspecified atom stereocenters. The minimum absolute atomic E-state index is 0.0210. The van der Waals surface area contributed by atoms with Crippen molar-refractivity contribution in [3.05, 3.63) is 35.4 Å². The standard InChI is InChI=1S/C16H23F2N/c1-11(2)10-16(7-3-4-8-16)15(19)13-6-5-12(17)9-14(13)18/h5-6,9,11,15H,3-4,7-8,10,19H2,1-2H3. The molecule has 106 valence electrons. The molecule has 0 aromatic heterocycles. The van der Waals surface area contributed by atoms with E-state index in [-0.39, 0.29) is 11.5 Å². The summed E-state index contributed by atoms with van der Waals surface area (Å²) in [7, 11) is 0. The fourth-order valence-electron chi connectivity index (χ4n) is 3.62. The molecule has 1 atom stereocenters. The molecule has 1 aromatic carbocycles. The van der Waals surface area contributed by atoms with E-state index in [9.17, 15) is 8.78 Å². The molecule has 0 bridgehead atoms. The maximum Gasteiger partial charge on any atom is 0.130 e. The second-order valence-corrected chi connectivity index (χ2v) is 6.31. The Morgan fingerprint density at radius 1 is 1.21 bits per heavy atom.